The lowest BCUT2D eigenvalue weighted by Crippen LogP contribution is -2.34. The second kappa shape index (κ2) is 14.0. The van der Waals surface area contributed by atoms with Crippen molar-refractivity contribution in [3.05, 3.63) is 181 Å². The molecule has 59 heavy (non-hydrogen) atoms. The average molecular weight is 782 g/mol. The first kappa shape index (κ1) is 35.9. The van der Waals surface area contributed by atoms with E-state index in [9.17, 15) is 4.57 Å². The third kappa shape index (κ3) is 5.96. The van der Waals surface area contributed by atoms with E-state index in [0.29, 0.717) is 23.4 Å². The Hall–Kier alpha value is -6.22. The van der Waals surface area contributed by atoms with Crippen molar-refractivity contribution in [1.29, 1.82) is 0 Å². The van der Waals surface area contributed by atoms with Gasteiger partial charge in [0.15, 0.2) is 17.5 Å². The highest BCUT2D eigenvalue weighted by Crippen LogP contribution is 2.60. The summed E-state index contributed by atoms with van der Waals surface area (Å²) in [6, 6.07) is 60.6. The van der Waals surface area contributed by atoms with Gasteiger partial charge in [-0.15, -0.1) is 0 Å². The van der Waals surface area contributed by atoms with E-state index in [0.717, 1.165) is 66.7 Å². The van der Waals surface area contributed by atoms with E-state index in [1.165, 1.54) is 41.5 Å². The van der Waals surface area contributed by atoms with Gasteiger partial charge in [0.2, 0.25) is 0 Å². The minimum Gasteiger partial charge on any atom is -0.319 e. The molecule has 2 fully saturated rings. The highest BCUT2D eigenvalue weighted by atomic mass is 31.2. The van der Waals surface area contributed by atoms with Gasteiger partial charge in [0.1, 0.15) is 7.14 Å². The van der Waals surface area contributed by atoms with E-state index in [1.54, 1.807) is 0 Å². The van der Waals surface area contributed by atoms with Gasteiger partial charge in [-0.1, -0.05) is 176 Å². The maximum absolute atomic E-state index is 13.8. The van der Waals surface area contributed by atoms with E-state index < -0.39 is 7.14 Å². The van der Waals surface area contributed by atoms with Gasteiger partial charge in [-0.05, 0) is 99.0 Å². The fourth-order valence-electron chi connectivity index (χ4n) is 10.8. The Labute approximate surface area is 345 Å². The number of hydrogen-bond acceptors (Lipinski definition) is 4. The van der Waals surface area contributed by atoms with Crippen LogP contribution in [-0.4, -0.2) is 28.3 Å². The van der Waals surface area contributed by atoms with Crippen molar-refractivity contribution in [2.75, 3.05) is 13.3 Å². The molecule has 0 spiro atoms. The normalized spacial score (nSPS) is 18.9. The van der Waals surface area contributed by atoms with Crippen LogP contribution < -0.4 is 5.30 Å². The minimum atomic E-state index is -2.57. The van der Waals surface area contributed by atoms with Gasteiger partial charge in [0, 0.05) is 27.4 Å². The van der Waals surface area contributed by atoms with Gasteiger partial charge in [0.05, 0.1) is 0 Å². The molecule has 286 valence electrons. The first-order valence-corrected chi connectivity index (χ1v) is 23.5. The lowest BCUT2D eigenvalue weighted by atomic mass is 9.64. The molecular weight excluding hydrogens is 738 g/mol. The van der Waals surface area contributed by atoms with Crippen LogP contribution in [0, 0.1) is 11.8 Å². The predicted molar refractivity (Wildman–Crippen MR) is 246 cm³/mol. The zero-order chi connectivity index (χ0) is 39.7. The molecule has 0 N–H and O–H groups in total. The molecule has 1 heterocycles. The van der Waals surface area contributed by atoms with Gasteiger partial charge < -0.3 is 4.57 Å². The summed E-state index contributed by atoms with van der Waals surface area (Å²) in [5.41, 5.74) is 8.04. The Morgan fingerprint density at radius 2 is 1.00 bits per heavy atom. The zero-order valence-electron chi connectivity index (χ0n) is 33.3. The summed E-state index contributed by atoms with van der Waals surface area (Å²) in [7, 11) is -2.57. The van der Waals surface area contributed by atoms with Crippen LogP contribution >= 0.6 is 7.14 Å². The topological polar surface area (TPSA) is 55.7 Å². The minimum absolute atomic E-state index is 0.0621. The van der Waals surface area contributed by atoms with Crippen molar-refractivity contribution in [1.82, 2.24) is 15.0 Å². The van der Waals surface area contributed by atoms with Crippen LogP contribution in [-0.2, 0) is 9.98 Å². The Morgan fingerprint density at radius 1 is 0.492 bits per heavy atom. The number of fused-ring (bicyclic) bond motifs is 5. The van der Waals surface area contributed by atoms with Crippen LogP contribution in [0.25, 0.3) is 77.6 Å². The predicted octanol–water partition coefficient (Wildman–Crippen LogP) is 13.4. The first-order chi connectivity index (χ1) is 28.8. The molecule has 0 saturated heterocycles. The summed E-state index contributed by atoms with van der Waals surface area (Å²) in [6.07, 6.45) is 5.00. The lowest BCUT2D eigenvalue weighted by molar-refractivity contribution is 0.320. The van der Waals surface area contributed by atoms with E-state index in [1.807, 2.05) is 31.5 Å². The number of rotatable bonds is 7. The Morgan fingerprint density at radius 3 is 1.58 bits per heavy atom. The molecule has 11 rings (SSSR count). The van der Waals surface area contributed by atoms with Crippen LogP contribution in [0.15, 0.2) is 170 Å². The Balaban J connectivity index is 1.01. The summed E-state index contributed by atoms with van der Waals surface area (Å²) in [5.74, 6) is 3.34. The number of hydrogen-bond donors (Lipinski definition) is 0. The van der Waals surface area contributed by atoms with Crippen LogP contribution in [0.4, 0.5) is 0 Å². The summed E-state index contributed by atoms with van der Waals surface area (Å²) in [4.78, 5) is 15.3. The molecule has 0 radical (unpaired) electrons. The van der Waals surface area contributed by atoms with Gasteiger partial charge >= 0.3 is 0 Å². The molecule has 3 atom stereocenters. The van der Waals surface area contributed by atoms with Gasteiger partial charge in [-0.2, -0.15) is 0 Å². The van der Waals surface area contributed by atoms with Crippen molar-refractivity contribution in [2.45, 2.75) is 31.1 Å². The third-order valence-corrected chi connectivity index (χ3v) is 14.9. The highest BCUT2D eigenvalue weighted by Gasteiger charge is 2.52. The molecule has 1 aromatic heterocycles. The number of benzene rings is 8. The monoisotopic (exact) mass is 781 g/mol. The van der Waals surface area contributed by atoms with Gasteiger partial charge in [-0.25, -0.2) is 15.0 Å². The van der Waals surface area contributed by atoms with Crippen molar-refractivity contribution in [3.63, 3.8) is 0 Å². The molecule has 5 heteroatoms. The molecule has 3 unspecified atom stereocenters. The van der Waals surface area contributed by atoms with Crippen molar-refractivity contribution < 1.29 is 4.57 Å². The summed E-state index contributed by atoms with van der Waals surface area (Å²) >= 11 is 0. The van der Waals surface area contributed by atoms with Crippen molar-refractivity contribution in [3.8, 4) is 45.3 Å². The van der Waals surface area contributed by atoms with E-state index in [2.05, 4.69) is 152 Å². The first-order valence-electron chi connectivity index (χ1n) is 20.9. The van der Waals surface area contributed by atoms with Crippen LogP contribution in [0.2, 0.25) is 0 Å². The fraction of sp³-hybridized carbons (Fsp3) is 0.167. The van der Waals surface area contributed by atoms with Crippen LogP contribution in [0.3, 0.4) is 0 Å². The van der Waals surface area contributed by atoms with Crippen LogP contribution in [0.1, 0.15) is 36.8 Å². The van der Waals surface area contributed by atoms with E-state index in [-0.39, 0.29) is 5.41 Å². The van der Waals surface area contributed by atoms with Crippen molar-refractivity contribution in [2.24, 2.45) is 11.8 Å². The third-order valence-electron chi connectivity index (χ3n) is 13.3. The second-order valence-corrected chi connectivity index (χ2v) is 20.2. The van der Waals surface area contributed by atoms with E-state index >= 15 is 0 Å². The smallest absolute Gasteiger partial charge is 0.164 e. The molecule has 2 saturated carbocycles. The number of aromatic nitrogens is 3. The molecule has 0 aliphatic heterocycles. The maximum atomic E-state index is 13.8. The summed E-state index contributed by atoms with van der Waals surface area (Å²) < 4.78 is 13.8. The second-order valence-electron chi connectivity index (χ2n) is 17.1. The van der Waals surface area contributed by atoms with Gasteiger partial charge in [-0.3, -0.25) is 0 Å². The highest BCUT2D eigenvalue weighted by molar-refractivity contribution is 7.71. The average Bonchev–Trinajstić information content (AvgIpc) is 3.91. The molecule has 2 bridgehead atoms. The molecule has 4 nitrogen and oxygen atoms in total. The fourth-order valence-corrected chi connectivity index (χ4v) is 12.4. The molecule has 9 aromatic rings. The Kier molecular flexibility index (Phi) is 8.50. The molecule has 0 amide bonds. The SMILES string of the molecule is CP(C)(=O)c1c2ccccc2c(-c2ccc(C3(c4ccc(-c5nc(-c6ccccc6)nc(-c6cccc7ccccc67)n5)cc4)CC4CCC3C4)cc2)c2ccccc12. The molecule has 2 aliphatic rings. The van der Waals surface area contributed by atoms with E-state index in [4.69, 9.17) is 15.0 Å². The summed E-state index contributed by atoms with van der Waals surface area (Å²) in [5, 5.41) is 7.73. The van der Waals surface area contributed by atoms with Crippen LogP contribution in [0.5, 0.6) is 0 Å². The molecule has 8 aromatic carbocycles. The lowest BCUT2D eigenvalue weighted by Gasteiger charge is -2.39. The Bertz CT molecular complexity index is 3060. The maximum Gasteiger partial charge on any atom is 0.164 e. The number of nitrogens with zero attached hydrogens (tertiary/aromatic N) is 3. The van der Waals surface area contributed by atoms with Gasteiger partial charge in [0.25, 0.3) is 0 Å². The largest absolute Gasteiger partial charge is 0.319 e. The van der Waals surface area contributed by atoms with Crippen molar-refractivity contribution >= 4 is 44.8 Å². The molecule has 2 aliphatic carbocycles. The standard InChI is InChI=1S/C54H44N3OP/c1-59(2,58)50-46-20-10-8-18-44(46)49(45-19-9-11-21-47(45)50)37-24-29-40(30-25-37)54(34-35-23-28-42(54)33-35)41-31-26-39(27-32-41)52-55-51(38-14-4-3-5-15-38)56-53(57-52)48-22-12-16-36-13-6-7-17-43(36)48/h3-22,24-27,29-32,35,42H,23,28,33-34H2,1-2H3. The molecular formula is C54H44N3OP. The zero-order valence-corrected chi connectivity index (χ0v) is 34.2. The quantitative estimate of drug-likeness (QED) is 0.119. The summed E-state index contributed by atoms with van der Waals surface area (Å²) in [6.45, 7) is 3.79.